The predicted molar refractivity (Wildman–Crippen MR) is 63.9 cm³/mol. The Hall–Kier alpha value is -1.76. The lowest BCUT2D eigenvalue weighted by molar-refractivity contribution is -0.137. The van der Waals surface area contributed by atoms with E-state index in [1.807, 2.05) is 17.7 Å². The van der Waals surface area contributed by atoms with Gasteiger partial charge >= 0.3 is 5.97 Å². The van der Waals surface area contributed by atoms with Gasteiger partial charge in [-0.3, -0.25) is 4.79 Å². The van der Waals surface area contributed by atoms with E-state index in [4.69, 9.17) is 9.15 Å². The number of ether oxygens (including phenoxy) is 1. The quantitative estimate of drug-likeness (QED) is 0.783. The monoisotopic (exact) mass is 265 g/mol. The van der Waals surface area contributed by atoms with Crippen molar-refractivity contribution in [1.29, 1.82) is 0 Å². The Bertz CT molecular complexity index is 564. The highest BCUT2D eigenvalue weighted by Crippen LogP contribution is 2.30. The maximum absolute atomic E-state index is 11.4. The molecule has 94 valence electrons. The topological polar surface area (TPSA) is 70.2 Å². The molecule has 0 radical (unpaired) electrons. The molecule has 1 saturated heterocycles. The van der Waals surface area contributed by atoms with E-state index in [1.165, 1.54) is 11.8 Å². The van der Waals surface area contributed by atoms with Crippen molar-refractivity contribution in [3.8, 4) is 11.6 Å². The van der Waals surface area contributed by atoms with Gasteiger partial charge in [-0.25, -0.2) is 0 Å². The average molecular weight is 265 g/mol. The third-order valence-corrected chi connectivity index (χ3v) is 3.99. The summed E-state index contributed by atoms with van der Waals surface area (Å²) < 4.78 is 12.0. The molecule has 0 saturated carbocycles. The molecule has 7 heteroatoms. The van der Waals surface area contributed by atoms with Crippen LogP contribution in [0.5, 0.6) is 0 Å². The summed E-state index contributed by atoms with van der Waals surface area (Å²) in [6, 6.07) is 3.62. The predicted octanol–water partition coefficient (Wildman–Crippen LogP) is 1.48. The number of hydrogen-bond acceptors (Lipinski definition) is 6. The minimum Gasteiger partial charge on any atom is -0.465 e. The first-order chi connectivity index (χ1) is 8.75. The second kappa shape index (κ2) is 4.49. The van der Waals surface area contributed by atoms with Crippen molar-refractivity contribution in [2.45, 2.75) is 16.8 Å². The number of rotatable bonds is 3. The Balaban J connectivity index is 1.84. The molecule has 2 aromatic rings. The molecule has 3 heterocycles. The maximum Gasteiger partial charge on any atom is 0.319 e. The van der Waals surface area contributed by atoms with Crippen LogP contribution in [0.25, 0.3) is 11.6 Å². The van der Waals surface area contributed by atoms with Gasteiger partial charge in [0, 0.05) is 13.5 Å². The van der Waals surface area contributed by atoms with E-state index in [0.717, 1.165) is 0 Å². The molecule has 1 aliphatic heterocycles. The maximum atomic E-state index is 11.4. The second-order valence-corrected chi connectivity index (χ2v) is 5.08. The molecule has 0 unspecified atom stereocenters. The number of esters is 1. The summed E-state index contributed by atoms with van der Waals surface area (Å²) in [4.78, 5) is 11.4. The summed E-state index contributed by atoms with van der Waals surface area (Å²) in [6.07, 6.45) is 2.30. The highest BCUT2D eigenvalue weighted by Gasteiger charge is 2.29. The van der Waals surface area contributed by atoms with Crippen LogP contribution in [0.15, 0.2) is 28.0 Å². The average Bonchev–Trinajstić information content (AvgIpc) is 3.05. The van der Waals surface area contributed by atoms with Gasteiger partial charge in [0.05, 0.1) is 12.9 Å². The van der Waals surface area contributed by atoms with Crippen LogP contribution in [0.1, 0.15) is 6.42 Å². The molecule has 0 N–H and O–H groups in total. The molecule has 18 heavy (non-hydrogen) atoms. The Morgan fingerprint density at radius 1 is 1.50 bits per heavy atom. The van der Waals surface area contributed by atoms with Crippen molar-refractivity contribution < 1.29 is 13.9 Å². The van der Waals surface area contributed by atoms with Crippen molar-refractivity contribution in [3.05, 3.63) is 18.4 Å². The van der Waals surface area contributed by atoms with Gasteiger partial charge in [-0.05, 0) is 12.1 Å². The van der Waals surface area contributed by atoms with E-state index in [-0.39, 0.29) is 11.2 Å². The molecular weight excluding hydrogens is 254 g/mol. The number of aromatic nitrogens is 3. The standard InChI is InChI=1S/C11H11N3O3S/c1-14-9(7-3-2-5-16-7)12-13-11(14)18-8-4-6-17-10(8)15/h2-3,5,8H,4,6H2,1H3/t8-/m0/s1. The van der Waals surface area contributed by atoms with Crippen LogP contribution in [0.3, 0.4) is 0 Å². The molecule has 0 aromatic carbocycles. The second-order valence-electron chi connectivity index (χ2n) is 3.91. The highest BCUT2D eigenvalue weighted by atomic mass is 32.2. The third-order valence-electron chi connectivity index (χ3n) is 2.71. The fourth-order valence-electron chi connectivity index (χ4n) is 1.75. The number of nitrogens with zero attached hydrogens (tertiary/aromatic N) is 3. The van der Waals surface area contributed by atoms with Crippen LogP contribution in [0.4, 0.5) is 0 Å². The largest absolute Gasteiger partial charge is 0.465 e. The number of thioether (sulfide) groups is 1. The fraction of sp³-hybridized carbons (Fsp3) is 0.364. The van der Waals surface area contributed by atoms with Crippen molar-refractivity contribution in [2.75, 3.05) is 6.61 Å². The van der Waals surface area contributed by atoms with Gasteiger partial charge in [-0.15, -0.1) is 10.2 Å². The van der Waals surface area contributed by atoms with E-state index < -0.39 is 0 Å². The van der Waals surface area contributed by atoms with Crippen LogP contribution in [0, 0.1) is 0 Å². The smallest absolute Gasteiger partial charge is 0.319 e. The Labute approximate surface area is 107 Å². The summed E-state index contributed by atoms with van der Waals surface area (Å²) in [5.41, 5.74) is 0. The van der Waals surface area contributed by atoms with E-state index in [9.17, 15) is 4.79 Å². The number of cyclic esters (lactones) is 1. The van der Waals surface area contributed by atoms with Crippen molar-refractivity contribution in [1.82, 2.24) is 14.8 Å². The molecule has 0 amide bonds. The lowest BCUT2D eigenvalue weighted by atomic mass is 10.4. The lowest BCUT2D eigenvalue weighted by Crippen LogP contribution is -2.10. The molecule has 1 aliphatic rings. The molecule has 2 aromatic heterocycles. The molecule has 1 atom stereocenters. The Morgan fingerprint density at radius 3 is 3.06 bits per heavy atom. The van der Waals surface area contributed by atoms with Crippen LogP contribution in [-0.4, -0.2) is 32.6 Å². The van der Waals surface area contributed by atoms with Gasteiger partial charge in [0.15, 0.2) is 16.7 Å². The lowest BCUT2D eigenvalue weighted by Gasteiger charge is -2.04. The van der Waals surface area contributed by atoms with Gasteiger partial charge in [-0.2, -0.15) is 0 Å². The first kappa shape index (κ1) is 11.3. The number of carbonyl (C=O) groups excluding carboxylic acids is 1. The van der Waals surface area contributed by atoms with Gasteiger partial charge in [0.25, 0.3) is 0 Å². The zero-order valence-electron chi connectivity index (χ0n) is 9.70. The fourth-order valence-corrected chi connectivity index (χ4v) is 2.71. The van der Waals surface area contributed by atoms with Gasteiger partial charge in [0.1, 0.15) is 5.25 Å². The van der Waals surface area contributed by atoms with Crippen LogP contribution in [-0.2, 0) is 16.6 Å². The van der Waals surface area contributed by atoms with E-state index >= 15 is 0 Å². The molecule has 3 rings (SSSR count). The molecular formula is C11H11N3O3S. The van der Waals surface area contributed by atoms with Gasteiger partial charge in [0.2, 0.25) is 0 Å². The molecule has 1 fully saturated rings. The first-order valence-electron chi connectivity index (χ1n) is 5.52. The SMILES string of the molecule is Cn1c(S[C@H]2CCOC2=O)nnc1-c1ccco1. The van der Waals surface area contributed by atoms with Crippen LogP contribution in [0.2, 0.25) is 0 Å². The molecule has 6 nitrogen and oxygen atoms in total. The zero-order chi connectivity index (χ0) is 12.5. The summed E-state index contributed by atoms with van der Waals surface area (Å²) in [7, 11) is 1.85. The summed E-state index contributed by atoms with van der Waals surface area (Å²) in [5, 5.41) is 8.65. The van der Waals surface area contributed by atoms with Crippen molar-refractivity contribution >= 4 is 17.7 Å². The van der Waals surface area contributed by atoms with Gasteiger partial charge < -0.3 is 13.7 Å². The minimum atomic E-state index is -0.183. The Morgan fingerprint density at radius 2 is 2.39 bits per heavy atom. The first-order valence-corrected chi connectivity index (χ1v) is 6.40. The normalized spacial score (nSPS) is 19.2. The van der Waals surface area contributed by atoms with Crippen molar-refractivity contribution in [2.24, 2.45) is 7.05 Å². The van der Waals surface area contributed by atoms with E-state index in [1.54, 1.807) is 12.3 Å². The van der Waals surface area contributed by atoms with Gasteiger partial charge in [-0.1, -0.05) is 11.8 Å². The highest BCUT2D eigenvalue weighted by molar-refractivity contribution is 8.00. The van der Waals surface area contributed by atoms with Crippen LogP contribution < -0.4 is 0 Å². The number of carbonyl (C=O) groups is 1. The zero-order valence-corrected chi connectivity index (χ0v) is 10.5. The minimum absolute atomic E-state index is 0.178. The van der Waals surface area contributed by atoms with E-state index in [2.05, 4.69) is 10.2 Å². The summed E-state index contributed by atoms with van der Waals surface area (Å²) in [5.74, 6) is 1.13. The van der Waals surface area contributed by atoms with E-state index in [0.29, 0.717) is 29.8 Å². The van der Waals surface area contributed by atoms with Crippen molar-refractivity contribution in [3.63, 3.8) is 0 Å². The third kappa shape index (κ3) is 1.90. The number of hydrogen-bond donors (Lipinski definition) is 0. The molecule has 0 bridgehead atoms. The summed E-state index contributed by atoms with van der Waals surface area (Å²) in [6.45, 7) is 0.486. The Kier molecular flexibility index (Phi) is 2.83. The van der Waals surface area contributed by atoms with Crippen LogP contribution >= 0.6 is 11.8 Å². The molecule has 0 spiro atoms. The molecule has 0 aliphatic carbocycles. The number of furan rings is 1. The summed E-state index contributed by atoms with van der Waals surface area (Å²) >= 11 is 1.38.